The summed E-state index contributed by atoms with van der Waals surface area (Å²) in [4.78, 5) is 14.1. The standard InChI is InChI=1S/C26H27FN6O/c1-17-16-34-13-12-33(17)24-15-21(19-5-4-18(14-22(19)27)32-10-2-3-11-32)20-6-8-28-26(25(20)30-24)23-7-9-29-31-23/h4-9,14-15,17H,2-3,10-13,16H2,1H3,(H,29,31)/t17-/m1/s1. The van der Waals surface area contributed by atoms with Gasteiger partial charge in [-0.05, 0) is 61.7 Å². The van der Waals surface area contributed by atoms with Gasteiger partial charge in [0.2, 0.25) is 0 Å². The van der Waals surface area contributed by atoms with Crippen LogP contribution in [0.25, 0.3) is 33.4 Å². The molecule has 8 heteroatoms. The van der Waals surface area contributed by atoms with Gasteiger partial charge in [0.25, 0.3) is 0 Å². The molecule has 3 aromatic heterocycles. The van der Waals surface area contributed by atoms with Gasteiger partial charge in [-0.15, -0.1) is 0 Å². The molecule has 4 aromatic rings. The lowest BCUT2D eigenvalue weighted by molar-refractivity contribution is 0.0986. The summed E-state index contributed by atoms with van der Waals surface area (Å²) < 4.78 is 21.3. The molecule has 0 radical (unpaired) electrons. The van der Waals surface area contributed by atoms with Crippen molar-refractivity contribution in [2.45, 2.75) is 25.8 Å². The fraction of sp³-hybridized carbons (Fsp3) is 0.346. The molecule has 0 amide bonds. The van der Waals surface area contributed by atoms with Crippen molar-refractivity contribution in [2.24, 2.45) is 0 Å². The minimum absolute atomic E-state index is 0.168. The van der Waals surface area contributed by atoms with E-state index >= 15 is 4.39 Å². The number of fused-ring (bicyclic) bond motifs is 1. The third kappa shape index (κ3) is 3.68. The predicted octanol–water partition coefficient (Wildman–Crippen LogP) is 4.65. The van der Waals surface area contributed by atoms with E-state index < -0.39 is 0 Å². The van der Waals surface area contributed by atoms with E-state index in [2.05, 4.69) is 31.9 Å². The zero-order valence-electron chi connectivity index (χ0n) is 19.2. The summed E-state index contributed by atoms with van der Waals surface area (Å²) in [5, 5.41) is 7.94. The number of pyridine rings is 2. The second-order valence-corrected chi connectivity index (χ2v) is 9.03. The van der Waals surface area contributed by atoms with Crippen LogP contribution in [0, 0.1) is 5.82 Å². The lowest BCUT2D eigenvalue weighted by atomic mass is 9.99. The van der Waals surface area contributed by atoms with Crippen molar-refractivity contribution in [2.75, 3.05) is 42.6 Å². The van der Waals surface area contributed by atoms with Crippen molar-refractivity contribution in [1.82, 2.24) is 20.2 Å². The predicted molar refractivity (Wildman–Crippen MR) is 132 cm³/mol. The summed E-state index contributed by atoms with van der Waals surface area (Å²) in [5.74, 6) is 0.577. The van der Waals surface area contributed by atoms with E-state index in [1.165, 1.54) is 0 Å². The Morgan fingerprint density at radius 3 is 2.68 bits per heavy atom. The topological polar surface area (TPSA) is 70.2 Å². The number of aromatic amines is 1. The Morgan fingerprint density at radius 1 is 1.03 bits per heavy atom. The number of aromatic nitrogens is 4. The van der Waals surface area contributed by atoms with Crippen molar-refractivity contribution < 1.29 is 9.13 Å². The highest BCUT2D eigenvalue weighted by Gasteiger charge is 2.24. The Kier molecular flexibility index (Phi) is 5.37. The molecule has 0 saturated carbocycles. The number of anilines is 2. The SMILES string of the molecule is C[C@@H]1COCCN1c1cc(-c2ccc(N3CCCC3)cc2F)c2ccnc(-c3ccn[nH]3)c2n1. The van der Waals surface area contributed by atoms with Crippen LogP contribution < -0.4 is 9.80 Å². The minimum Gasteiger partial charge on any atom is -0.377 e. The first-order valence-corrected chi connectivity index (χ1v) is 11.9. The minimum atomic E-state index is -0.224. The molecular formula is C26H27FN6O. The smallest absolute Gasteiger partial charge is 0.133 e. The van der Waals surface area contributed by atoms with Crippen LogP contribution in [0.1, 0.15) is 19.8 Å². The maximum atomic E-state index is 15.6. The number of halogens is 1. The summed E-state index contributed by atoms with van der Waals surface area (Å²) in [6.45, 7) is 6.09. The number of morpholine rings is 1. The average Bonchev–Trinajstić information content (AvgIpc) is 3.58. The molecule has 34 heavy (non-hydrogen) atoms. The Morgan fingerprint density at radius 2 is 1.91 bits per heavy atom. The lowest BCUT2D eigenvalue weighted by Crippen LogP contribution is -2.44. The number of nitrogens with zero attached hydrogens (tertiary/aromatic N) is 5. The second-order valence-electron chi connectivity index (χ2n) is 9.03. The molecule has 0 aliphatic carbocycles. The second kappa shape index (κ2) is 8.68. The van der Waals surface area contributed by atoms with Crippen molar-refractivity contribution in [3.63, 3.8) is 0 Å². The van der Waals surface area contributed by atoms with Crippen LogP contribution >= 0.6 is 0 Å². The van der Waals surface area contributed by atoms with Gasteiger partial charge in [-0.2, -0.15) is 5.10 Å². The molecule has 2 aliphatic heterocycles. The number of nitrogens with one attached hydrogen (secondary N) is 1. The van der Waals surface area contributed by atoms with Crippen molar-refractivity contribution in [3.05, 3.63) is 54.6 Å². The fourth-order valence-corrected chi connectivity index (χ4v) is 5.05. The summed E-state index contributed by atoms with van der Waals surface area (Å²) in [5.41, 5.74) is 4.53. The number of ether oxygens (including phenoxy) is 1. The molecule has 2 saturated heterocycles. The summed E-state index contributed by atoms with van der Waals surface area (Å²) in [6, 6.07) is 11.6. The van der Waals surface area contributed by atoms with Gasteiger partial charge in [-0.3, -0.25) is 10.1 Å². The lowest BCUT2D eigenvalue weighted by Gasteiger charge is -2.34. The zero-order valence-corrected chi connectivity index (χ0v) is 19.2. The maximum absolute atomic E-state index is 15.6. The van der Waals surface area contributed by atoms with E-state index in [1.807, 2.05) is 30.3 Å². The van der Waals surface area contributed by atoms with E-state index in [0.29, 0.717) is 24.5 Å². The first-order chi connectivity index (χ1) is 16.7. The Labute approximate surface area is 197 Å². The van der Waals surface area contributed by atoms with E-state index in [4.69, 9.17) is 9.72 Å². The molecule has 1 aromatic carbocycles. The van der Waals surface area contributed by atoms with Gasteiger partial charge in [0.1, 0.15) is 22.8 Å². The highest BCUT2D eigenvalue weighted by atomic mass is 19.1. The third-order valence-electron chi connectivity index (χ3n) is 6.85. The van der Waals surface area contributed by atoms with Crippen LogP contribution in [0.15, 0.2) is 48.8 Å². The average molecular weight is 459 g/mol. The van der Waals surface area contributed by atoms with E-state index in [-0.39, 0.29) is 11.9 Å². The molecule has 1 atom stereocenters. The fourth-order valence-electron chi connectivity index (χ4n) is 5.05. The summed E-state index contributed by atoms with van der Waals surface area (Å²) in [7, 11) is 0. The van der Waals surface area contributed by atoms with Gasteiger partial charge in [0.15, 0.2) is 0 Å². The number of H-pyrrole nitrogens is 1. The quantitative estimate of drug-likeness (QED) is 0.480. The monoisotopic (exact) mass is 458 g/mol. The van der Waals surface area contributed by atoms with E-state index in [0.717, 1.165) is 66.1 Å². The van der Waals surface area contributed by atoms with Crippen LogP contribution in [-0.2, 0) is 4.74 Å². The molecule has 1 N–H and O–H groups in total. The highest BCUT2D eigenvalue weighted by Crippen LogP contribution is 2.37. The number of hydrogen-bond acceptors (Lipinski definition) is 6. The molecule has 5 heterocycles. The van der Waals surface area contributed by atoms with Gasteiger partial charge in [-0.1, -0.05) is 0 Å². The largest absolute Gasteiger partial charge is 0.377 e. The zero-order chi connectivity index (χ0) is 23.1. The van der Waals surface area contributed by atoms with Crippen LogP contribution in [0.3, 0.4) is 0 Å². The van der Waals surface area contributed by atoms with Gasteiger partial charge in [0, 0.05) is 48.7 Å². The molecule has 7 nitrogen and oxygen atoms in total. The molecule has 0 bridgehead atoms. The van der Waals surface area contributed by atoms with Gasteiger partial charge in [0.05, 0.1) is 24.9 Å². The van der Waals surface area contributed by atoms with E-state index in [9.17, 15) is 0 Å². The van der Waals surface area contributed by atoms with Crippen molar-refractivity contribution in [3.8, 4) is 22.5 Å². The van der Waals surface area contributed by atoms with Crippen molar-refractivity contribution in [1.29, 1.82) is 0 Å². The number of rotatable bonds is 4. The van der Waals surface area contributed by atoms with E-state index in [1.54, 1.807) is 18.5 Å². The normalized spacial score (nSPS) is 18.7. The van der Waals surface area contributed by atoms with Gasteiger partial charge < -0.3 is 14.5 Å². The number of hydrogen-bond donors (Lipinski definition) is 1. The molecule has 2 aliphatic rings. The Hall–Kier alpha value is -3.52. The van der Waals surface area contributed by atoms with Crippen LogP contribution in [-0.4, -0.2) is 59.1 Å². The van der Waals surface area contributed by atoms with Gasteiger partial charge >= 0.3 is 0 Å². The van der Waals surface area contributed by atoms with Crippen molar-refractivity contribution >= 4 is 22.4 Å². The molecule has 0 unspecified atom stereocenters. The van der Waals surface area contributed by atoms with Crippen LogP contribution in [0.2, 0.25) is 0 Å². The summed E-state index contributed by atoms with van der Waals surface area (Å²) in [6.07, 6.45) is 5.75. The first-order valence-electron chi connectivity index (χ1n) is 11.9. The molecule has 174 valence electrons. The molecule has 2 fully saturated rings. The number of benzene rings is 1. The van der Waals surface area contributed by atoms with Crippen LogP contribution in [0.4, 0.5) is 15.9 Å². The third-order valence-corrected chi connectivity index (χ3v) is 6.85. The van der Waals surface area contributed by atoms with Crippen LogP contribution in [0.5, 0.6) is 0 Å². The Balaban J connectivity index is 1.55. The highest BCUT2D eigenvalue weighted by molar-refractivity contribution is 6.01. The molecular weight excluding hydrogens is 431 g/mol. The summed E-state index contributed by atoms with van der Waals surface area (Å²) >= 11 is 0. The molecule has 0 spiro atoms. The van der Waals surface area contributed by atoms with Gasteiger partial charge in [-0.25, -0.2) is 9.37 Å². The molecule has 6 rings (SSSR count). The Bertz CT molecular complexity index is 1320. The maximum Gasteiger partial charge on any atom is 0.133 e. The first kappa shape index (κ1) is 21.0.